The molecule has 4 nitrogen and oxygen atoms in total. The van der Waals surface area contributed by atoms with Crippen LogP contribution in [0.1, 0.15) is 10.4 Å². The SMILES string of the molecule is COC(=O)CSc1cc(Br)cc(F)c1C(=O)O. The molecule has 0 fully saturated rings. The normalized spacial score (nSPS) is 10.1. The Labute approximate surface area is 109 Å². The van der Waals surface area contributed by atoms with E-state index in [9.17, 15) is 14.0 Å². The van der Waals surface area contributed by atoms with E-state index in [0.717, 1.165) is 17.8 Å². The lowest BCUT2D eigenvalue weighted by Crippen LogP contribution is -2.07. The zero-order chi connectivity index (χ0) is 13.0. The number of benzene rings is 1. The highest BCUT2D eigenvalue weighted by molar-refractivity contribution is 9.10. The van der Waals surface area contributed by atoms with Gasteiger partial charge in [0.2, 0.25) is 0 Å². The van der Waals surface area contributed by atoms with E-state index in [2.05, 4.69) is 20.7 Å². The summed E-state index contributed by atoms with van der Waals surface area (Å²) < 4.78 is 18.3. The fourth-order valence-electron chi connectivity index (χ4n) is 1.07. The highest BCUT2D eigenvalue weighted by atomic mass is 79.9. The molecule has 0 bridgehead atoms. The average molecular weight is 323 g/mol. The van der Waals surface area contributed by atoms with Crippen molar-refractivity contribution >= 4 is 39.6 Å². The van der Waals surface area contributed by atoms with Crippen LogP contribution < -0.4 is 0 Å². The molecule has 0 saturated carbocycles. The lowest BCUT2D eigenvalue weighted by molar-refractivity contribution is -0.137. The molecule has 0 aromatic heterocycles. The Kier molecular flexibility index (Phi) is 4.95. The third-order valence-corrected chi connectivity index (χ3v) is 3.28. The first-order valence-corrected chi connectivity index (χ1v) is 6.15. The van der Waals surface area contributed by atoms with E-state index in [1.807, 2.05) is 0 Å². The summed E-state index contributed by atoms with van der Waals surface area (Å²) in [5.41, 5.74) is -0.442. The monoisotopic (exact) mass is 322 g/mol. The first-order valence-electron chi connectivity index (χ1n) is 4.37. The van der Waals surface area contributed by atoms with E-state index in [4.69, 9.17) is 5.11 Å². The molecule has 1 aromatic rings. The number of carboxylic acids is 1. The number of esters is 1. The van der Waals surface area contributed by atoms with Crippen LogP contribution in [0.4, 0.5) is 4.39 Å². The van der Waals surface area contributed by atoms with Gasteiger partial charge < -0.3 is 9.84 Å². The highest BCUT2D eigenvalue weighted by Crippen LogP contribution is 2.29. The minimum Gasteiger partial charge on any atom is -0.478 e. The number of halogens is 2. The van der Waals surface area contributed by atoms with Gasteiger partial charge in [0, 0.05) is 9.37 Å². The molecule has 7 heteroatoms. The predicted molar refractivity (Wildman–Crippen MR) is 63.8 cm³/mol. The van der Waals surface area contributed by atoms with Crippen molar-refractivity contribution < 1.29 is 23.8 Å². The summed E-state index contributed by atoms with van der Waals surface area (Å²) in [6.45, 7) is 0. The molecule has 1 rings (SSSR count). The second kappa shape index (κ2) is 6.02. The summed E-state index contributed by atoms with van der Waals surface area (Å²) in [5, 5.41) is 8.87. The van der Waals surface area contributed by atoms with Crippen molar-refractivity contribution in [2.24, 2.45) is 0 Å². The van der Waals surface area contributed by atoms with Gasteiger partial charge in [-0.25, -0.2) is 9.18 Å². The molecule has 0 heterocycles. The van der Waals surface area contributed by atoms with Crippen LogP contribution in [0.25, 0.3) is 0 Å². The Balaban J connectivity index is 3.04. The quantitative estimate of drug-likeness (QED) is 0.681. The molecule has 0 aliphatic heterocycles. The number of carbonyl (C=O) groups excluding carboxylic acids is 1. The number of carboxylic acid groups (broad SMARTS) is 1. The van der Waals surface area contributed by atoms with Crippen molar-refractivity contribution in [2.45, 2.75) is 4.90 Å². The Bertz CT molecular complexity index is 464. The van der Waals surface area contributed by atoms with Crippen LogP contribution in [0, 0.1) is 5.82 Å². The average Bonchev–Trinajstić information content (AvgIpc) is 2.24. The number of carbonyl (C=O) groups is 2. The Morgan fingerprint density at radius 2 is 2.18 bits per heavy atom. The number of thioether (sulfide) groups is 1. The van der Waals surface area contributed by atoms with Gasteiger partial charge in [-0.15, -0.1) is 11.8 Å². The van der Waals surface area contributed by atoms with Crippen molar-refractivity contribution in [3.05, 3.63) is 28.0 Å². The molecule has 0 aliphatic carbocycles. The van der Waals surface area contributed by atoms with Crippen molar-refractivity contribution in [1.29, 1.82) is 0 Å². The summed E-state index contributed by atoms with van der Waals surface area (Å²) >= 11 is 3.97. The minimum absolute atomic E-state index is 0.0767. The number of hydrogen-bond acceptors (Lipinski definition) is 4. The van der Waals surface area contributed by atoms with Crippen LogP contribution in [0.3, 0.4) is 0 Å². The fraction of sp³-hybridized carbons (Fsp3) is 0.200. The molecular weight excluding hydrogens is 315 g/mol. The van der Waals surface area contributed by atoms with Crippen molar-refractivity contribution in [3.8, 4) is 0 Å². The molecule has 1 N–H and O–H groups in total. The lowest BCUT2D eigenvalue weighted by atomic mass is 10.2. The second-order valence-electron chi connectivity index (χ2n) is 2.93. The molecule has 0 atom stereocenters. The predicted octanol–water partition coefficient (Wildman–Crippen LogP) is 2.55. The number of aromatic carboxylic acids is 1. The maximum atomic E-state index is 13.4. The second-order valence-corrected chi connectivity index (χ2v) is 4.86. The standard InChI is InChI=1S/C10H8BrFO4S/c1-16-8(13)4-17-7-3-5(11)2-6(12)9(7)10(14)15/h2-3H,4H2,1H3,(H,14,15). The molecule has 1 aromatic carbocycles. The molecule has 0 saturated heterocycles. The van der Waals surface area contributed by atoms with Gasteiger partial charge >= 0.3 is 11.9 Å². The Morgan fingerprint density at radius 1 is 1.53 bits per heavy atom. The molecule has 17 heavy (non-hydrogen) atoms. The third kappa shape index (κ3) is 3.71. The molecule has 0 aliphatic rings. The van der Waals surface area contributed by atoms with Crippen LogP contribution in [0.5, 0.6) is 0 Å². The number of hydrogen-bond donors (Lipinski definition) is 1. The van der Waals surface area contributed by atoms with E-state index in [0.29, 0.717) is 4.47 Å². The zero-order valence-corrected chi connectivity index (χ0v) is 11.1. The highest BCUT2D eigenvalue weighted by Gasteiger charge is 2.18. The number of ether oxygens (including phenoxy) is 1. The maximum Gasteiger partial charge on any atom is 0.339 e. The van der Waals surface area contributed by atoms with E-state index in [-0.39, 0.29) is 10.6 Å². The molecule has 92 valence electrons. The third-order valence-electron chi connectivity index (χ3n) is 1.81. The number of methoxy groups -OCH3 is 1. The zero-order valence-electron chi connectivity index (χ0n) is 8.70. The summed E-state index contributed by atoms with van der Waals surface area (Å²) in [6, 6.07) is 2.51. The van der Waals surface area contributed by atoms with Crippen LogP contribution in [-0.4, -0.2) is 29.9 Å². The topological polar surface area (TPSA) is 63.6 Å². The van der Waals surface area contributed by atoms with Gasteiger partial charge in [-0.05, 0) is 12.1 Å². The van der Waals surface area contributed by atoms with E-state index in [1.54, 1.807) is 0 Å². The van der Waals surface area contributed by atoms with Gasteiger partial charge in [0.05, 0.1) is 12.9 Å². The van der Waals surface area contributed by atoms with Gasteiger partial charge in [-0.3, -0.25) is 4.79 Å². The van der Waals surface area contributed by atoms with E-state index >= 15 is 0 Å². The van der Waals surface area contributed by atoms with E-state index in [1.165, 1.54) is 13.2 Å². The molecule has 0 radical (unpaired) electrons. The Hall–Kier alpha value is -1.08. The number of rotatable bonds is 4. The largest absolute Gasteiger partial charge is 0.478 e. The smallest absolute Gasteiger partial charge is 0.339 e. The van der Waals surface area contributed by atoms with Crippen molar-refractivity contribution in [3.63, 3.8) is 0 Å². The van der Waals surface area contributed by atoms with E-state index < -0.39 is 23.3 Å². The lowest BCUT2D eigenvalue weighted by Gasteiger charge is -2.07. The molecule has 0 unspecified atom stereocenters. The van der Waals surface area contributed by atoms with Gasteiger partial charge in [0.15, 0.2) is 0 Å². The Morgan fingerprint density at radius 3 is 2.71 bits per heavy atom. The molecule has 0 spiro atoms. The van der Waals surface area contributed by atoms with Crippen LogP contribution >= 0.6 is 27.7 Å². The first kappa shape index (κ1) is 14.0. The van der Waals surface area contributed by atoms with Crippen LogP contribution in [0.2, 0.25) is 0 Å². The first-order chi connectivity index (χ1) is 7.95. The molecular formula is C10H8BrFO4S. The summed E-state index contributed by atoms with van der Waals surface area (Å²) in [7, 11) is 1.22. The van der Waals surface area contributed by atoms with Crippen LogP contribution in [-0.2, 0) is 9.53 Å². The summed E-state index contributed by atoms with van der Waals surface area (Å²) in [5.74, 6) is -2.81. The van der Waals surface area contributed by atoms with Gasteiger partial charge in [0.1, 0.15) is 11.4 Å². The summed E-state index contributed by atoms with van der Waals surface area (Å²) in [4.78, 5) is 22.0. The molecule has 0 amide bonds. The van der Waals surface area contributed by atoms with Gasteiger partial charge in [-0.2, -0.15) is 0 Å². The maximum absolute atomic E-state index is 13.4. The minimum atomic E-state index is -1.37. The van der Waals surface area contributed by atoms with Crippen molar-refractivity contribution in [1.82, 2.24) is 0 Å². The van der Waals surface area contributed by atoms with Gasteiger partial charge in [0.25, 0.3) is 0 Å². The summed E-state index contributed by atoms with van der Waals surface area (Å²) in [6.07, 6.45) is 0. The fourth-order valence-corrected chi connectivity index (χ4v) is 2.58. The van der Waals surface area contributed by atoms with Crippen molar-refractivity contribution in [2.75, 3.05) is 12.9 Å². The van der Waals surface area contributed by atoms with Gasteiger partial charge in [-0.1, -0.05) is 15.9 Å². The van der Waals surface area contributed by atoms with Crippen LogP contribution in [0.15, 0.2) is 21.5 Å².